The fourth-order valence-corrected chi connectivity index (χ4v) is 2.52. The number of nitrogens with zero attached hydrogens (tertiary/aromatic N) is 2. The molecule has 0 amide bonds. The summed E-state index contributed by atoms with van der Waals surface area (Å²) >= 11 is 0. The lowest BCUT2D eigenvalue weighted by molar-refractivity contribution is -0.140. The normalized spacial score (nSPS) is 14.3. The van der Waals surface area contributed by atoms with Crippen molar-refractivity contribution in [3.63, 3.8) is 0 Å². The smallest absolute Gasteiger partial charge is 0.331 e. The van der Waals surface area contributed by atoms with Gasteiger partial charge in [0.1, 0.15) is 0 Å². The van der Waals surface area contributed by atoms with Gasteiger partial charge < -0.3 is 4.74 Å². The van der Waals surface area contributed by atoms with E-state index < -0.39 is 5.97 Å². The van der Waals surface area contributed by atoms with Crippen molar-refractivity contribution in [1.29, 1.82) is 0 Å². The van der Waals surface area contributed by atoms with Crippen molar-refractivity contribution >= 4 is 16.9 Å². The Kier molecular flexibility index (Phi) is 3.37. The highest BCUT2D eigenvalue weighted by molar-refractivity contribution is 5.78. The number of carbonyl (C=O) groups excluding carboxylic acids is 1. The van der Waals surface area contributed by atoms with E-state index >= 15 is 0 Å². The van der Waals surface area contributed by atoms with Crippen LogP contribution in [0.3, 0.4) is 0 Å². The van der Waals surface area contributed by atoms with E-state index in [1.54, 1.807) is 22.8 Å². The quantitative estimate of drug-likeness (QED) is 0.789. The molecule has 21 heavy (non-hydrogen) atoms. The minimum Gasteiger partial charge on any atom is -0.469 e. The molecular formula is C15H16N2O4. The summed E-state index contributed by atoms with van der Waals surface area (Å²) in [5, 5.41) is 0.508. The third-order valence-corrected chi connectivity index (χ3v) is 3.76. The number of methoxy groups -OCH3 is 1. The minimum atomic E-state index is -0.438. The summed E-state index contributed by atoms with van der Waals surface area (Å²) in [7, 11) is 1.29. The molecule has 0 aliphatic heterocycles. The standard InChI is InChI=1S/C15H16N2O4/c1-21-13(18)8-9-16-14(19)11-4-2-3-5-12(11)17(15(16)20)10-6-7-10/h2-5,10H,6-9H2,1H3. The van der Waals surface area contributed by atoms with Crippen molar-refractivity contribution in [3.8, 4) is 0 Å². The van der Waals surface area contributed by atoms with Crippen LogP contribution in [0, 0.1) is 0 Å². The molecule has 3 rings (SSSR count). The summed E-state index contributed by atoms with van der Waals surface area (Å²) in [5.41, 5.74) is -0.0224. The number of rotatable bonds is 4. The Morgan fingerprint density at radius 3 is 2.67 bits per heavy atom. The van der Waals surface area contributed by atoms with Gasteiger partial charge in [0.15, 0.2) is 0 Å². The highest BCUT2D eigenvalue weighted by Gasteiger charge is 2.28. The third-order valence-electron chi connectivity index (χ3n) is 3.76. The Bertz CT molecular complexity index is 815. The SMILES string of the molecule is COC(=O)CCn1c(=O)c2ccccc2n(C2CC2)c1=O. The van der Waals surface area contributed by atoms with E-state index in [4.69, 9.17) is 0 Å². The van der Waals surface area contributed by atoms with E-state index in [-0.39, 0.29) is 30.3 Å². The van der Waals surface area contributed by atoms with Crippen molar-refractivity contribution in [2.75, 3.05) is 7.11 Å². The molecule has 0 radical (unpaired) electrons. The van der Waals surface area contributed by atoms with Gasteiger partial charge in [-0.2, -0.15) is 0 Å². The van der Waals surface area contributed by atoms with Gasteiger partial charge in [0.05, 0.1) is 24.4 Å². The minimum absolute atomic E-state index is 0.00858. The molecule has 0 unspecified atom stereocenters. The van der Waals surface area contributed by atoms with Crippen LogP contribution in [0.4, 0.5) is 0 Å². The van der Waals surface area contributed by atoms with E-state index in [9.17, 15) is 14.4 Å². The van der Waals surface area contributed by atoms with E-state index in [1.165, 1.54) is 7.11 Å². The second-order valence-electron chi connectivity index (χ2n) is 5.18. The largest absolute Gasteiger partial charge is 0.469 e. The number of hydrogen-bond acceptors (Lipinski definition) is 4. The maximum Gasteiger partial charge on any atom is 0.331 e. The van der Waals surface area contributed by atoms with Crippen LogP contribution in [0.15, 0.2) is 33.9 Å². The molecule has 0 spiro atoms. The molecular weight excluding hydrogens is 272 g/mol. The van der Waals surface area contributed by atoms with Crippen molar-refractivity contribution in [2.24, 2.45) is 0 Å². The van der Waals surface area contributed by atoms with Crippen molar-refractivity contribution in [2.45, 2.75) is 31.8 Å². The first kappa shape index (κ1) is 13.6. The first-order valence-electron chi connectivity index (χ1n) is 6.94. The average Bonchev–Trinajstić information content (AvgIpc) is 3.31. The Morgan fingerprint density at radius 1 is 1.29 bits per heavy atom. The molecule has 0 saturated heterocycles. The molecule has 1 aromatic carbocycles. The van der Waals surface area contributed by atoms with Crippen LogP contribution in [0.1, 0.15) is 25.3 Å². The van der Waals surface area contributed by atoms with Crippen LogP contribution >= 0.6 is 0 Å². The van der Waals surface area contributed by atoms with Gasteiger partial charge in [-0.15, -0.1) is 0 Å². The van der Waals surface area contributed by atoms with Crippen LogP contribution in [0.25, 0.3) is 10.9 Å². The number of benzene rings is 1. The highest BCUT2D eigenvalue weighted by atomic mass is 16.5. The fraction of sp³-hybridized carbons (Fsp3) is 0.400. The number of para-hydroxylation sites is 1. The summed E-state index contributed by atoms with van der Waals surface area (Å²) in [4.78, 5) is 36.3. The molecule has 6 nitrogen and oxygen atoms in total. The van der Waals surface area contributed by atoms with Crippen molar-refractivity contribution < 1.29 is 9.53 Å². The van der Waals surface area contributed by atoms with E-state index in [2.05, 4.69) is 4.74 Å². The summed E-state index contributed by atoms with van der Waals surface area (Å²) < 4.78 is 7.38. The molecule has 1 aliphatic rings. The Labute approximate surface area is 120 Å². The Hall–Kier alpha value is -2.37. The van der Waals surface area contributed by atoms with Crippen molar-refractivity contribution in [3.05, 3.63) is 45.1 Å². The van der Waals surface area contributed by atoms with Gasteiger partial charge in [0.25, 0.3) is 5.56 Å². The molecule has 2 aromatic rings. The summed E-state index contributed by atoms with van der Waals surface area (Å²) in [6, 6.07) is 7.26. The lowest BCUT2D eigenvalue weighted by atomic mass is 10.2. The first-order valence-corrected chi connectivity index (χ1v) is 6.94. The van der Waals surface area contributed by atoms with Gasteiger partial charge in [-0.05, 0) is 25.0 Å². The zero-order chi connectivity index (χ0) is 15.0. The van der Waals surface area contributed by atoms with Crippen LogP contribution in [-0.2, 0) is 16.1 Å². The first-order chi connectivity index (χ1) is 10.1. The Morgan fingerprint density at radius 2 is 2.00 bits per heavy atom. The van der Waals surface area contributed by atoms with Gasteiger partial charge in [-0.25, -0.2) is 4.79 Å². The molecule has 1 saturated carbocycles. The molecule has 0 atom stereocenters. The predicted molar refractivity (Wildman–Crippen MR) is 77.4 cm³/mol. The second-order valence-corrected chi connectivity index (χ2v) is 5.18. The maximum absolute atomic E-state index is 12.6. The van der Waals surface area contributed by atoms with E-state index in [1.807, 2.05) is 6.07 Å². The average molecular weight is 288 g/mol. The molecule has 1 aromatic heterocycles. The molecule has 6 heteroatoms. The molecule has 1 aliphatic carbocycles. The van der Waals surface area contributed by atoms with Gasteiger partial charge in [-0.1, -0.05) is 12.1 Å². The molecule has 1 heterocycles. The zero-order valence-corrected chi connectivity index (χ0v) is 11.7. The number of carbonyl (C=O) groups is 1. The molecule has 0 N–H and O–H groups in total. The number of esters is 1. The fourth-order valence-electron chi connectivity index (χ4n) is 2.52. The predicted octanol–water partition coefficient (Wildman–Crippen LogP) is 1.06. The summed E-state index contributed by atoms with van der Waals surface area (Å²) in [6.45, 7) is 0.0435. The van der Waals surface area contributed by atoms with E-state index in [0.29, 0.717) is 10.9 Å². The number of hydrogen-bond donors (Lipinski definition) is 0. The lowest BCUT2D eigenvalue weighted by Crippen LogP contribution is -2.40. The highest BCUT2D eigenvalue weighted by Crippen LogP contribution is 2.35. The summed E-state index contributed by atoms with van der Waals surface area (Å²) in [6.07, 6.45) is 1.90. The topological polar surface area (TPSA) is 70.3 Å². The molecule has 0 bridgehead atoms. The number of ether oxygens (including phenoxy) is 1. The van der Waals surface area contributed by atoms with Crippen molar-refractivity contribution in [1.82, 2.24) is 9.13 Å². The van der Waals surface area contributed by atoms with Crippen LogP contribution in [0.5, 0.6) is 0 Å². The van der Waals surface area contributed by atoms with Gasteiger partial charge in [-0.3, -0.25) is 18.7 Å². The third kappa shape index (κ3) is 2.37. The summed E-state index contributed by atoms with van der Waals surface area (Å²) in [5.74, 6) is -0.438. The molecule has 110 valence electrons. The van der Waals surface area contributed by atoms with Gasteiger partial charge in [0, 0.05) is 12.6 Å². The number of fused-ring (bicyclic) bond motifs is 1. The van der Waals surface area contributed by atoms with Gasteiger partial charge in [0.2, 0.25) is 0 Å². The molecule has 1 fully saturated rings. The number of aromatic nitrogens is 2. The maximum atomic E-state index is 12.6. The van der Waals surface area contributed by atoms with E-state index in [0.717, 1.165) is 17.4 Å². The van der Waals surface area contributed by atoms with Crippen LogP contribution in [0.2, 0.25) is 0 Å². The monoisotopic (exact) mass is 288 g/mol. The lowest BCUT2D eigenvalue weighted by Gasteiger charge is -2.13. The van der Waals surface area contributed by atoms with Crippen LogP contribution < -0.4 is 11.2 Å². The van der Waals surface area contributed by atoms with Crippen LogP contribution in [-0.4, -0.2) is 22.2 Å². The Balaban J connectivity index is 2.18. The van der Waals surface area contributed by atoms with Gasteiger partial charge >= 0.3 is 11.7 Å². The second kappa shape index (κ2) is 5.20. The zero-order valence-electron chi connectivity index (χ0n) is 11.7.